The van der Waals surface area contributed by atoms with E-state index in [1.54, 1.807) is 7.11 Å². The molecule has 4 rings (SSSR count). The van der Waals surface area contributed by atoms with Gasteiger partial charge in [0, 0.05) is 68.4 Å². The molecule has 0 fully saturated rings. The van der Waals surface area contributed by atoms with E-state index in [4.69, 9.17) is 9.47 Å². The molecule has 1 aliphatic heterocycles. The van der Waals surface area contributed by atoms with E-state index in [-0.39, 0.29) is 5.56 Å². The van der Waals surface area contributed by atoms with Crippen LogP contribution in [0.1, 0.15) is 33.7 Å². The van der Waals surface area contributed by atoms with Crippen LogP contribution in [0.25, 0.3) is 22.4 Å². The number of pyridine rings is 1. The number of methoxy groups -OCH3 is 1. The normalized spacial score (nSPS) is 12.4. The van der Waals surface area contributed by atoms with E-state index in [0.29, 0.717) is 31.9 Å². The Kier molecular flexibility index (Phi) is 5.88. The number of fused-ring (bicyclic) bond motifs is 3. The monoisotopic (exact) mass is 437 g/mol. The van der Waals surface area contributed by atoms with Crippen molar-refractivity contribution in [1.29, 1.82) is 0 Å². The first-order valence-corrected chi connectivity index (χ1v) is 10.6. The molecule has 1 N–H and O–H groups in total. The molecule has 32 heavy (non-hydrogen) atoms. The molecule has 1 aromatic carbocycles. The van der Waals surface area contributed by atoms with Crippen molar-refractivity contribution in [1.82, 2.24) is 14.3 Å². The summed E-state index contributed by atoms with van der Waals surface area (Å²) in [6.45, 7) is 5.72. The molecule has 1 aliphatic rings. The zero-order valence-electron chi connectivity index (χ0n) is 18.8. The van der Waals surface area contributed by atoms with Gasteiger partial charge in [-0.15, -0.1) is 0 Å². The minimum Gasteiger partial charge on any atom is -0.493 e. The van der Waals surface area contributed by atoms with E-state index in [1.807, 2.05) is 42.3 Å². The zero-order chi connectivity index (χ0) is 23.0. The maximum atomic E-state index is 12.4. The van der Waals surface area contributed by atoms with E-state index in [1.165, 1.54) is 12.3 Å². The molecule has 0 atom stereocenters. The minimum atomic E-state index is -1.21. The van der Waals surface area contributed by atoms with Crippen molar-refractivity contribution in [3.8, 4) is 28.1 Å². The van der Waals surface area contributed by atoms with Gasteiger partial charge in [-0.05, 0) is 38.0 Å². The third-order valence-electron chi connectivity index (χ3n) is 5.99. The Balaban J connectivity index is 1.88. The number of rotatable bonds is 7. The number of carboxylic acids is 1. The Morgan fingerprint density at radius 1 is 1.19 bits per heavy atom. The van der Waals surface area contributed by atoms with Crippen molar-refractivity contribution in [3.05, 3.63) is 57.1 Å². The molecule has 3 aromatic rings. The van der Waals surface area contributed by atoms with Gasteiger partial charge in [0.05, 0.1) is 18.0 Å². The lowest BCUT2D eigenvalue weighted by atomic mass is 9.91. The molecule has 168 valence electrons. The van der Waals surface area contributed by atoms with Crippen molar-refractivity contribution < 1.29 is 19.4 Å². The molecule has 0 unspecified atom stereocenters. The molecule has 0 spiro atoms. The first-order valence-electron chi connectivity index (χ1n) is 10.6. The number of benzene rings is 1. The third-order valence-corrected chi connectivity index (χ3v) is 5.99. The summed E-state index contributed by atoms with van der Waals surface area (Å²) in [4.78, 5) is 23.8. The highest BCUT2D eigenvalue weighted by atomic mass is 16.5. The number of ether oxygens (including phenoxy) is 2. The molecule has 3 heterocycles. The first-order chi connectivity index (χ1) is 15.3. The topological polar surface area (TPSA) is 95.6 Å². The van der Waals surface area contributed by atoms with Crippen molar-refractivity contribution in [3.63, 3.8) is 0 Å². The van der Waals surface area contributed by atoms with E-state index >= 15 is 0 Å². The highest BCUT2D eigenvalue weighted by Crippen LogP contribution is 2.41. The molecule has 0 saturated carbocycles. The highest BCUT2D eigenvalue weighted by molar-refractivity contribution is 5.88. The number of carboxylic acid groups (broad SMARTS) is 1. The Morgan fingerprint density at radius 2 is 1.97 bits per heavy atom. The van der Waals surface area contributed by atoms with Gasteiger partial charge in [-0.2, -0.15) is 5.10 Å². The van der Waals surface area contributed by atoms with Crippen molar-refractivity contribution >= 4 is 5.97 Å². The Bertz CT molecular complexity index is 1260. The van der Waals surface area contributed by atoms with Crippen LogP contribution in [-0.4, -0.2) is 45.7 Å². The maximum absolute atomic E-state index is 12.4. The predicted octanol–water partition coefficient (Wildman–Crippen LogP) is 3.20. The largest absolute Gasteiger partial charge is 0.493 e. The summed E-state index contributed by atoms with van der Waals surface area (Å²) in [5, 5.41) is 13.9. The molecular weight excluding hydrogens is 410 g/mol. The summed E-state index contributed by atoms with van der Waals surface area (Å²) in [6.07, 6.45) is 2.93. The van der Waals surface area contributed by atoms with Crippen LogP contribution in [0.3, 0.4) is 0 Å². The number of hydrogen-bond donors (Lipinski definition) is 1. The summed E-state index contributed by atoms with van der Waals surface area (Å²) < 4.78 is 15.0. The quantitative estimate of drug-likeness (QED) is 0.571. The van der Waals surface area contributed by atoms with Gasteiger partial charge in [0.1, 0.15) is 11.3 Å². The van der Waals surface area contributed by atoms with Crippen LogP contribution >= 0.6 is 0 Å². The van der Waals surface area contributed by atoms with Gasteiger partial charge in [-0.25, -0.2) is 4.79 Å². The van der Waals surface area contributed by atoms with Crippen LogP contribution in [0.5, 0.6) is 5.75 Å². The van der Waals surface area contributed by atoms with E-state index in [0.717, 1.165) is 45.8 Å². The van der Waals surface area contributed by atoms with Gasteiger partial charge in [0.15, 0.2) is 5.43 Å². The first kappa shape index (κ1) is 21.8. The smallest absolute Gasteiger partial charge is 0.341 e. The lowest BCUT2D eigenvalue weighted by molar-refractivity contribution is 0.0694. The van der Waals surface area contributed by atoms with E-state index in [2.05, 4.69) is 5.10 Å². The Hall–Kier alpha value is -3.39. The minimum absolute atomic E-state index is 0.213. The van der Waals surface area contributed by atoms with Crippen molar-refractivity contribution in [2.45, 2.75) is 33.2 Å². The van der Waals surface area contributed by atoms with Gasteiger partial charge in [-0.3, -0.25) is 9.48 Å². The van der Waals surface area contributed by atoms with Gasteiger partial charge in [-0.1, -0.05) is 0 Å². The molecule has 8 heteroatoms. The average Bonchev–Trinajstić information content (AvgIpc) is 3.01. The summed E-state index contributed by atoms with van der Waals surface area (Å²) in [7, 11) is 3.58. The fraction of sp³-hybridized carbons (Fsp3) is 0.375. The summed E-state index contributed by atoms with van der Waals surface area (Å²) in [6, 6.07) is 5.51. The maximum Gasteiger partial charge on any atom is 0.341 e. The second kappa shape index (κ2) is 8.63. The third kappa shape index (κ3) is 3.82. The molecule has 0 saturated heterocycles. The molecular formula is C24H27N3O5. The van der Waals surface area contributed by atoms with Gasteiger partial charge < -0.3 is 19.1 Å². The molecule has 0 aliphatic carbocycles. The van der Waals surface area contributed by atoms with Crippen LogP contribution < -0.4 is 10.2 Å². The predicted molar refractivity (Wildman–Crippen MR) is 120 cm³/mol. The molecule has 2 aromatic heterocycles. The second-order valence-corrected chi connectivity index (χ2v) is 8.05. The summed E-state index contributed by atoms with van der Waals surface area (Å²) >= 11 is 0. The second-order valence-electron chi connectivity index (χ2n) is 8.05. The summed E-state index contributed by atoms with van der Waals surface area (Å²) in [5.74, 6) is -0.435. The number of carbonyl (C=O) groups is 1. The van der Waals surface area contributed by atoms with Crippen LogP contribution in [0.4, 0.5) is 0 Å². The lowest BCUT2D eigenvalue weighted by Gasteiger charge is -2.25. The van der Waals surface area contributed by atoms with Crippen LogP contribution in [0.15, 0.2) is 29.2 Å². The van der Waals surface area contributed by atoms with E-state index < -0.39 is 11.4 Å². The van der Waals surface area contributed by atoms with Gasteiger partial charge in [0.2, 0.25) is 0 Å². The molecule has 8 nitrogen and oxygen atoms in total. The van der Waals surface area contributed by atoms with Gasteiger partial charge in [0.25, 0.3) is 0 Å². The SMILES string of the molecule is COCCCOc1cc2c(cc1-c1c(C)nn(C)c1C)-c1cc(=O)c(C(=O)O)cn1CC2. The highest BCUT2D eigenvalue weighted by Gasteiger charge is 2.24. The molecule has 0 radical (unpaired) electrons. The number of hydrogen-bond acceptors (Lipinski definition) is 5. The Labute approximate surface area is 186 Å². The van der Waals surface area contributed by atoms with Gasteiger partial charge >= 0.3 is 5.97 Å². The zero-order valence-corrected chi connectivity index (χ0v) is 18.8. The lowest BCUT2D eigenvalue weighted by Crippen LogP contribution is -2.22. The fourth-order valence-corrected chi connectivity index (χ4v) is 4.32. The number of nitrogens with zero attached hydrogens (tertiary/aromatic N) is 3. The van der Waals surface area contributed by atoms with Crippen LogP contribution in [0.2, 0.25) is 0 Å². The molecule has 0 amide bonds. The van der Waals surface area contributed by atoms with Crippen molar-refractivity contribution in [2.75, 3.05) is 20.3 Å². The van der Waals surface area contributed by atoms with Crippen molar-refractivity contribution in [2.24, 2.45) is 7.05 Å². The standard InChI is InChI=1S/C24H27N3O5/c1-14-23(15(2)26(3)25-14)18-11-17-16(10-22(18)32-9-5-8-31-4)6-7-27-13-19(24(29)30)21(28)12-20(17)27/h10-13H,5-9H2,1-4H3,(H,29,30). The number of aromatic nitrogens is 3. The van der Waals surface area contributed by atoms with Crippen LogP contribution in [-0.2, 0) is 24.8 Å². The van der Waals surface area contributed by atoms with Crippen LogP contribution in [0, 0.1) is 13.8 Å². The fourth-order valence-electron chi connectivity index (χ4n) is 4.32. The molecule has 0 bridgehead atoms. The van der Waals surface area contributed by atoms with E-state index in [9.17, 15) is 14.7 Å². The number of aromatic carboxylic acids is 1. The summed E-state index contributed by atoms with van der Waals surface area (Å²) in [5.41, 5.74) is 5.80. The Morgan fingerprint density at radius 3 is 2.62 bits per heavy atom. The average molecular weight is 437 g/mol. The number of aryl methyl sites for hydroxylation is 4.